The van der Waals surface area contributed by atoms with Crippen LogP contribution < -0.4 is 20.9 Å². The summed E-state index contributed by atoms with van der Waals surface area (Å²) in [5.74, 6) is 0.896. The number of carbonyl (C=O) groups excluding carboxylic acids is 1. The maximum absolute atomic E-state index is 12.8. The Hall–Kier alpha value is -6.08. The fourth-order valence-corrected chi connectivity index (χ4v) is 6.86. The molecule has 0 aliphatic carbocycles. The minimum Gasteiger partial charge on any atom is -0.394 e. The van der Waals surface area contributed by atoms with E-state index in [1.54, 1.807) is 29.1 Å². The van der Waals surface area contributed by atoms with Crippen molar-refractivity contribution < 1.29 is 24.9 Å². The Bertz CT molecular complexity index is 2130. The van der Waals surface area contributed by atoms with Crippen molar-refractivity contribution in [1.82, 2.24) is 50.0 Å². The van der Waals surface area contributed by atoms with E-state index in [1.807, 2.05) is 41.3 Å². The summed E-state index contributed by atoms with van der Waals surface area (Å²) in [5.41, 5.74) is 3.62. The average Bonchev–Trinajstić information content (AvgIpc) is 4.01. The molecule has 54 heavy (non-hydrogen) atoms. The third-order valence-corrected chi connectivity index (χ3v) is 9.55. The smallest absolute Gasteiger partial charge is 0.319 e. The average molecular weight is 734 g/mol. The number of carbonyl (C=O) groups is 1. The Kier molecular flexibility index (Phi) is 10.0. The van der Waals surface area contributed by atoms with E-state index in [1.165, 1.54) is 11.1 Å². The second kappa shape index (κ2) is 15.5. The lowest BCUT2D eigenvalue weighted by atomic mass is 9.91. The largest absolute Gasteiger partial charge is 0.394 e. The van der Waals surface area contributed by atoms with Crippen LogP contribution >= 0.6 is 0 Å². The Balaban J connectivity index is 1.10. The van der Waals surface area contributed by atoms with Gasteiger partial charge in [-0.15, -0.1) is 10.2 Å². The Morgan fingerprint density at radius 3 is 2.48 bits per heavy atom. The molecule has 0 saturated carbocycles. The van der Waals surface area contributed by atoms with Crippen LogP contribution in [-0.2, 0) is 11.3 Å². The lowest BCUT2D eigenvalue weighted by molar-refractivity contribution is -0.0384. The number of aromatic nitrogens is 9. The van der Waals surface area contributed by atoms with Crippen LogP contribution in [0.5, 0.6) is 0 Å². The number of imidazole rings is 1. The summed E-state index contributed by atoms with van der Waals surface area (Å²) in [6, 6.07) is 23.4. The number of nitrogens with zero attached hydrogens (tertiary/aromatic N) is 10. The van der Waals surface area contributed by atoms with E-state index >= 15 is 0 Å². The highest BCUT2D eigenvalue weighted by atomic mass is 16.6. The molecule has 0 radical (unpaired) electrons. The number of ether oxygens (including phenoxy) is 1. The number of benzene rings is 2. The molecule has 2 aliphatic rings. The third-order valence-electron chi connectivity index (χ3n) is 9.55. The highest BCUT2D eigenvalue weighted by molar-refractivity contribution is 5.89. The molecule has 8 rings (SSSR count). The molecule has 6 aromatic rings. The second-order valence-electron chi connectivity index (χ2n) is 13.1. The first-order valence-corrected chi connectivity index (χ1v) is 17.7. The first kappa shape index (κ1) is 35.0. The van der Waals surface area contributed by atoms with Crippen LogP contribution in [0.2, 0.25) is 0 Å². The van der Waals surface area contributed by atoms with Crippen molar-refractivity contribution in [2.45, 2.75) is 49.5 Å². The van der Waals surface area contributed by atoms with Crippen LogP contribution in [0, 0.1) is 0 Å². The zero-order chi connectivity index (χ0) is 37.0. The fourth-order valence-electron chi connectivity index (χ4n) is 6.86. The van der Waals surface area contributed by atoms with E-state index in [-0.39, 0.29) is 37.0 Å². The molecule has 2 aromatic carbocycles. The summed E-state index contributed by atoms with van der Waals surface area (Å²) in [5, 5.41) is 53.0. The molecule has 2 amide bonds. The first-order valence-electron chi connectivity index (χ1n) is 17.7. The van der Waals surface area contributed by atoms with E-state index in [2.05, 4.69) is 65.6 Å². The van der Waals surface area contributed by atoms with E-state index in [0.717, 1.165) is 11.1 Å². The van der Waals surface area contributed by atoms with Crippen molar-refractivity contribution in [3.8, 4) is 0 Å². The van der Waals surface area contributed by atoms with E-state index in [9.17, 15) is 20.1 Å². The van der Waals surface area contributed by atoms with Crippen molar-refractivity contribution >= 4 is 34.6 Å². The topological polar surface area (TPSA) is 226 Å². The predicted molar refractivity (Wildman–Crippen MR) is 195 cm³/mol. The number of hydrogen-bond donors (Lipinski definition) is 6. The van der Waals surface area contributed by atoms with Crippen molar-refractivity contribution in [2.24, 2.45) is 0 Å². The molecule has 18 nitrogen and oxygen atoms in total. The summed E-state index contributed by atoms with van der Waals surface area (Å²) >= 11 is 0. The molecule has 1 unspecified atom stereocenters. The van der Waals surface area contributed by atoms with Gasteiger partial charge in [0.1, 0.15) is 12.2 Å². The van der Waals surface area contributed by atoms with Crippen LogP contribution in [0.4, 0.5) is 22.2 Å². The van der Waals surface area contributed by atoms with Crippen LogP contribution in [0.15, 0.2) is 91.5 Å². The molecular weight excluding hydrogens is 694 g/mol. The van der Waals surface area contributed by atoms with Crippen LogP contribution in [0.3, 0.4) is 0 Å². The van der Waals surface area contributed by atoms with Crippen LogP contribution in [0.25, 0.3) is 11.2 Å². The van der Waals surface area contributed by atoms with Gasteiger partial charge in [-0.05, 0) is 34.9 Å². The number of fused-ring (bicyclic) bond motifs is 1. The van der Waals surface area contributed by atoms with E-state index in [4.69, 9.17) is 14.7 Å². The van der Waals surface area contributed by atoms with Gasteiger partial charge in [0.25, 0.3) is 0 Å². The van der Waals surface area contributed by atoms with Crippen molar-refractivity contribution in [1.29, 1.82) is 0 Å². The van der Waals surface area contributed by atoms with E-state index < -0.39 is 24.5 Å². The van der Waals surface area contributed by atoms with Gasteiger partial charge in [0.15, 0.2) is 29.3 Å². The molecule has 18 heteroatoms. The number of aliphatic hydroxyl groups excluding tert-OH is 3. The van der Waals surface area contributed by atoms with Gasteiger partial charge in [0.05, 0.1) is 31.4 Å². The number of tetrazole rings is 1. The molecular formula is C36H39N13O5. The summed E-state index contributed by atoms with van der Waals surface area (Å²) in [6.45, 7) is 1.39. The summed E-state index contributed by atoms with van der Waals surface area (Å²) < 4.78 is 7.74. The summed E-state index contributed by atoms with van der Waals surface area (Å²) in [7, 11) is 0. The Labute approximate surface area is 308 Å². The number of amides is 2. The van der Waals surface area contributed by atoms with Gasteiger partial charge in [-0.2, -0.15) is 14.8 Å². The third kappa shape index (κ3) is 7.27. The lowest BCUT2D eigenvalue weighted by Gasteiger charge is -2.22. The molecule has 278 valence electrons. The van der Waals surface area contributed by atoms with Crippen molar-refractivity contribution in [3.05, 3.63) is 108 Å². The summed E-state index contributed by atoms with van der Waals surface area (Å²) in [6.07, 6.45) is 0.356. The minimum atomic E-state index is -1.40. The Morgan fingerprint density at radius 2 is 1.76 bits per heavy atom. The number of nitrogens with one attached hydrogen (secondary N) is 3. The van der Waals surface area contributed by atoms with Gasteiger partial charge < -0.3 is 40.9 Å². The van der Waals surface area contributed by atoms with E-state index in [0.29, 0.717) is 54.7 Å². The lowest BCUT2D eigenvalue weighted by Crippen LogP contribution is -2.40. The molecule has 0 bridgehead atoms. The molecule has 6 heterocycles. The highest BCUT2D eigenvalue weighted by Gasteiger charge is 2.47. The summed E-state index contributed by atoms with van der Waals surface area (Å²) in [4.78, 5) is 34.6. The number of pyridine rings is 1. The van der Waals surface area contributed by atoms with Gasteiger partial charge in [0, 0.05) is 37.8 Å². The second-order valence-corrected chi connectivity index (χ2v) is 13.1. The van der Waals surface area contributed by atoms with Crippen LogP contribution in [-0.4, -0.2) is 111 Å². The minimum absolute atomic E-state index is 0.0238. The van der Waals surface area contributed by atoms with Crippen molar-refractivity contribution in [2.75, 3.05) is 41.8 Å². The Morgan fingerprint density at radius 1 is 0.981 bits per heavy atom. The molecule has 5 atom stereocenters. The van der Waals surface area contributed by atoms with Gasteiger partial charge >= 0.3 is 6.03 Å². The van der Waals surface area contributed by atoms with Crippen molar-refractivity contribution in [3.63, 3.8) is 0 Å². The standard InChI is InChI=1S/C36H39N13O5/c50-17-16-49-45-32(44-46-49)30-28(51)29(52)34(54-30)48-21-39-27-31(38-19-26(22-8-3-1-4-9-22)23-10-5-2-6-11-23)42-35(43-33(27)48)47-15-13-25(20-47)41-36(53)40-24-12-7-14-37-18-24/h1-12,14,18,21,25-26,28-30,34,50-52H,13,15-17,19-20H2,(H,38,42,43)(H2,40,41,53)/t25?,28-,29+,30-,34+/m0/s1. The number of anilines is 3. The highest BCUT2D eigenvalue weighted by Crippen LogP contribution is 2.39. The zero-order valence-corrected chi connectivity index (χ0v) is 29.0. The molecule has 2 fully saturated rings. The zero-order valence-electron chi connectivity index (χ0n) is 29.0. The molecule has 2 saturated heterocycles. The molecule has 0 spiro atoms. The molecule has 6 N–H and O–H groups in total. The number of aliphatic hydroxyl groups is 3. The first-order chi connectivity index (χ1) is 26.4. The molecule has 4 aromatic heterocycles. The predicted octanol–water partition coefficient (Wildman–Crippen LogP) is 1.84. The maximum atomic E-state index is 12.8. The van der Waals surface area contributed by atoms with Gasteiger partial charge in [-0.3, -0.25) is 9.55 Å². The van der Waals surface area contributed by atoms with Gasteiger partial charge in [-0.1, -0.05) is 60.7 Å². The SMILES string of the molecule is O=C(Nc1cccnc1)NC1CCN(c2nc(NCC(c3ccccc3)c3ccccc3)c3ncn([C@@H]4O[C@H](c5nnn(CCO)n5)[C@@H](O)[C@H]4O)c3n2)C1. The maximum Gasteiger partial charge on any atom is 0.319 e. The monoisotopic (exact) mass is 733 g/mol. The normalized spacial score (nSPS) is 21.2. The number of rotatable bonds is 12. The van der Waals surface area contributed by atoms with Gasteiger partial charge in [-0.25, -0.2) is 9.78 Å². The number of urea groups is 1. The fraction of sp³-hybridized carbons (Fsp3) is 0.333. The van der Waals surface area contributed by atoms with Gasteiger partial charge in [0.2, 0.25) is 11.8 Å². The van der Waals surface area contributed by atoms with Crippen LogP contribution in [0.1, 0.15) is 41.6 Å². The quantitative estimate of drug-likeness (QED) is 0.106. The molecule has 2 aliphatic heterocycles. The number of hydrogen-bond acceptors (Lipinski definition) is 14.